The van der Waals surface area contributed by atoms with Crippen molar-refractivity contribution in [2.45, 2.75) is 83.8 Å². The fraction of sp³-hybridized carbons (Fsp3) is 1.00. The molecule has 2 heteroatoms. The lowest BCUT2D eigenvalue weighted by Crippen LogP contribution is -2.55. The maximum Gasteiger partial charge on any atom is 0.0837 e. The molecule has 1 N–H and O–H groups in total. The van der Waals surface area contributed by atoms with E-state index in [-0.39, 0.29) is 5.60 Å². The fourth-order valence-corrected chi connectivity index (χ4v) is 3.87. The van der Waals surface area contributed by atoms with E-state index < -0.39 is 0 Å². The Kier molecular flexibility index (Phi) is 5.70. The summed E-state index contributed by atoms with van der Waals surface area (Å²) in [7, 11) is 0. The quantitative estimate of drug-likeness (QED) is 0.713. The predicted octanol–water partition coefficient (Wildman–Crippen LogP) is 4.14. The Labute approximate surface area is 119 Å². The van der Waals surface area contributed by atoms with Gasteiger partial charge in [0.2, 0.25) is 0 Å². The molecule has 0 aromatic rings. The van der Waals surface area contributed by atoms with Crippen molar-refractivity contribution in [1.29, 1.82) is 0 Å². The van der Waals surface area contributed by atoms with Gasteiger partial charge in [-0.2, -0.15) is 0 Å². The van der Waals surface area contributed by atoms with Gasteiger partial charge in [-0.25, -0.2) is 0 Å². The van der Waals surface area contributed by atoms with Crippen molar-refractivity contribution in [2.24, 2.45) is 11.8 Å². The zero-order chi connectivity index (χ0) is 13.7. The summed E-state index contributed by atoms with van der Waals surface area (Å²) in [5.41, 5.74) is 0.129. The second-order valence-corrected chi connectivity index (χ2v) is 6.89. The lowest BCUT2D eigenvalue weighted by Gasteiger charge is -2.46. The molecule has 0 amide bonds. The lowest BCUT2D eigenvalue weighted by molar-refractivity contribution is -0.103. The number of hydrogen-bond donors (Lipinski definition) is 1. The highest BCUT2D eigenvalue weighted by Crippen LogP contribution is 2.43. The monoisotopic (exact) mass is 267 g/mol. The molecule has 0 bridgehead atoms. The molecule has 112 valence electrons. The van der Waals surface area contributed by atoms with Crippen LogP contribution < -0.4 is 5.32 Å². The van der Waals surface area contributed by atoms with Gasteiger partial charge in [0.1, 0.15) is 0 Å². The van der Waals surface area contributed by atoms with E-state index in [0.29, 0.717) is 6.04 Å². The van der Waals surface area contributed by atoms with Gasteiger partial charge in [0.15, 0.2) is 0 Å². The predicted molar refractivity (Wildman–Crippen MR) is 81.4 cm³/mol. The molecule has 2 rings (SSSR count). The van der Waals surface area contributed by atoms with Gasteiger partial charge in [0, 0.05) is 12.6 Å². The lowest BCUT2D eigenvalue weighted by atomic mass is 9.73. The molecule has 0 spiro atoms. The first-order chi connectivity index (χ1) is 9.20. The van der Waals surface area contributed by atoms with Gasteiger partial charge in [0.25, 0.3) is 0 Å². The molecule has 3 atom stereocenters. The minimum atomic E-state index is 0.129. The maximum absolute atomic E-state index is 6.37. The van der Waals surface area contributed by atoms with Crippen molar-refractivity contribution in [3.05, 3.63) is 0 Å². The van der Waals surface area contributed by atoms with Crippen LogP contribution in [0.3, 0.4) is 0 Å². The SMILES string of the molecule is CCCNC(CC1CC1)C1(OCC)CCCC(C)C1. The third-order valence-electron chi connectivity index (χ3n) is 4.96. The number of ether oxygens (including phenoxy) is 1. The van der Waals surface area contributed by atoms with Crippen molar-refractivity contribution in [1.82, 2.24) is 5.32 Å². The van der Waals surface area contributed by atoms with Crippen LogP contribution in [0.1, 0.15) is 72.1 Å². The third-order valence-corrected chi connectivity index (χ3v) is 4.96. The Balaban J connectivity index is 2.05. The second kappa shape index (κ2) is 7.08. The smallest absolute Gasteiger partial charge is 0.0837 e. The molecule has 2 aliphatic rings. The molecule has 19 heavy (non-hydrogen) atoms. The van der Waals surface area contributed by atoms with Crippen LogP contribution in [0.4, 0.5) is 0 Å². The first-order valence-corrected chi connectivity index (χ1v) is 8.57. The van der Waals surface area contributed by atoms with Gasteiger partial charge in [-0.3, -0.25) is 0 Å². The summed E-state index contributed by atoms with van der Waals surface area (Å²) in [5, 5.41) is 3.83. The van der Waals surface area contributed by atoms with Crippen molar-refractivity contribution < 1.29 is 4.74 Å². The molecule has 2 saturated carbocycles. The Morgan fingerprint density at radius 2 is 2.05 bits per heavy atom. The third kappa shape index (κ3) is 4.19. The first kappa shape index (κ1) is 15.3. The maximum atomic E-state index is 6.37. The Bertz CT molecular complexity index is 260. The molecule has 2 fully saturated rings. The number of hydrogen-bond acceptors (Lipinski definition) is 2. The van der Waals surface area contributed by atoms with E-state index in [0.717, 1.165) is 25.0 Å². The molecule has 2 aliphatic carbocycles. The van der Waals surface area contributed by atoms with Crippen LogP contribution in [0.25, 0.3) is 0 Å². The van der Waals surface area contributed by atoms with Crippen LogP contribution in [0.2, 0.25) is 0 Å². The second-order valence-electron chi connectivity index (χ2n) is 6.89. The van der Waals surface area contributed by atoms with Gasteiger partial charge < -0.3 is 10.1 Å². The Morgan fingerprint density at radius 1 is 1.26 bits per heavy atom. The van der Waals surface area contributed by atoms with Gasteiger partial charge >= 0.3 is 0 Å². The molecule has 0 radical (unpaired) electrons. The van der Waals surface area contributed by atoms with Crippen molar-refractivity contribution >= 4 is 0 Å². The highest BCUT2D eigenvalue weighted by molar-refractivity contribution is 4.99. The molecular weight excluding hydrogens is 234 g/mol. The molecule has 0 heterocycles. The Hall–Kier alpha value is -0.0800. The van der Waals surface area contributed by atoms with Crippen LogP contribution in [-0.4, -0.2) is 24.8 Å². The van der Waals surface area contributed by atoms with Gasteiger partial charge in [-0.05, 0) is 51.0 Å². The number of nitrogens with one attached hydrogen (secondary N) is 1. The van der Waals surface area contributed by atoms with Crippen molar-refractivity contribution in [2.75, 3.05) is 13.2 Å². The van der Waals surface area contributed by atoms with Crippen LogP contribution in [0.15, 0.2) is 0 Å². The first-order valence-electron chi connectivity index (χ1n) is 8.57. The summed E-state index contributed by atoms with van der Waals surface area (Å²) >= 11 is 0. The normalized spacial score (nSPS) is 33.3. The van der Waals surface area contributed by atoms with Crippen LogP contribution in [0, 0.1) is 11.8 Å². The topological polar surface area (TPSA) is 21.3 Å². The van der Waals surface area contributed by atoms with E-state index >= 15 is 0 Å². The summed E-state index contributed by atoms with van der Waals surface area (Å²) in [4.78, 5) is 0. The summed E-state index contributed by atoms with van der Waals surface area (Å²) in [6, 6.07) is 0.586. The largest absolute Gasteiger partial charge is 0.374 e. The summed E-state index contributed by atoms with van der Waals surface area (Å²) in [6.07, 6.45) is 10.7. The molecule has 0 aromatic carbocycles. The Morgan fingerprint density at radius 3 is 2.63 bits per heavy atom. The van der Waals surface area contributed by atoms with Gasteiger partial charge in [-0.15, -0.1) is 0 Å². The van der Waals surface area contributed by atoms with Gasteiger partial charge in [0.05, 0.1) is 5.60 Å². The highest BCUT2D eigenvalue weighted by Gasteiger charge is 2.44. The van der Waals surface area contributed by atoms with Crippen LogP contribution in [0.5, 0.6) is 0 Å². The average Bonchev–Trinajstić information content (AvgIpc) is 3.18. The molecule has 0 aromatic heterocycles. The minimum Gasteiger partial charge on any atom is -0.374 e. The van der Waals surface area contributed by atoms with Crippen LogP contribution >= 0.6 is 0 Å². The molecule has 3 unspecified atom stereocenters. The minimum absolute atomic E-state index is 0.129. The summed E-state index contributed by atoms with van der Waals surface area (Å²) in [5.74, 6) is 1.80. The van der Waals surface area contributed by atoms with E-state index in [1.165, 1.54) is 51.4 Å². The zero-order valence-corrected chi connectivity index (χ0v) is 13.2. The summed E-state index contributed by atoms with van der Waals surface area (Å²) < 4.78 is 6.37. The van der Waals surface area contributed by atoms with Crippen LogP contribution in [-0.2, 0) is 4.74 Å². The summed E-state index contributed by atoms with van der Waals surface area (Å²) in [6.45, 7) is 8.83. The molecule has 0 saturated heterocycles. The highest BCUT2D eigenvalue weighted by atomic mass is 16.5. The number of rotatable bonds is 8. The van der Waals surface area contributed by atoms with E-state index in [1.54, 1.807) is 0 Å². The van der Waals surface area contributed by atoms with Gasteiger partial charge in [-0.1, -0.05) is 39.5 Å². The average molecular weight is 267 g/mol. The van der Waals surface area contributed by atoms with E-state index in [1.807, 2.05) is 0 Å². The molecule has 2 nitrogen and oxygen atoms in total. The van der Waals surface area contributed by atoms with E-state index in [2.05, 4.69) is 26.1 Å². The molecular formula is C17H33NO. The van der Waals surface area contributed by atoms with Crippen molar-refractivity contribution in [3.63, 3.8) is 0 Å². The standard InChI is InChI=1S/C17H33NO/c1-4-11-18-16(12-15-8-9-15)17(19-5-2)10-6-7-14(3)13-17/h14-16,18H,4-13H2,1-3H3. The van der Waals surface area contributed by atoms with E-state index in [4.69, 9.17) is 4.74 Å². The van der Waals surface area contributed by atoms with E-state index in [9.17, 15) is 0 Å². The van der Waals surface area contributed by atoms with Crippen molar-refractivity contribution in [3.8, 4) is 0 Å². The molecule has 0 aliphatic heterocycles. The fourth-order valence-electron chi connectivity index (χ4n) is 3.87. The zero-order valence-electron chi connectivity index (χ0n) is 13.2.